The molecule has 1 aromatic heterocycles. The Morgan fingerprint density at radius 1 is 0.929 bits per heavy atom. The van der Waals surface area contributed by atoms with Crippen molar-refractivity contribution >= 4 is 40.4 Å². The third-order valence-corrected chi connectivity index (χ3v) is 5.06. The first-order valence-corrected chi connectivity index (χ1v) is 9.11. The van der Waals surface area contributed by atoms with Crippen LogP contribution >= 0.6 is 11.8 Å². The summed E-state index contributed by atoms with van der Waals surface area (Å²) in [5, 5.41) is 10.7. The Balaban J connectivity index is 1.69. The van der Waals surface area contributed by atoms with Crippen molar-refractivity contribution < 1.29 is 14.5 Å². The van der Waals surface area contributed by atoms with Gasteiger partial charge in [0.1, 0.15) is 0 Å². The second-order valence-corrected chi connectivity index (χ2v) is 6.93. The van der Waals surface area contributed by atoms with E-state index in [1.807, 2.05) is 6.07 Å². The van der Waals surface area contributed by atoms with Gasteiger partial charge in [0.2, 0.25) is 0 Å². The van der Waals surface area contributed by atoms with Gasteiger partial charge in [-0.15, -0.1) is 0 Å². The Kier molecular flexibility index (Phi) is 4.54. The number of amides is 2. The third kappa shape index (κ3) is 3.21. The third-order valence-electron chi connectivity index (χ3n) is 4.19. The van der Waals surface area contributed by atoms with E-state index >= 15 is 0 Å². The van der Waals surface area contributed by atoms with Gasteiger partial charge < -0.3 is 4.57 Å². The minimum atomic E-state index is -0.460. The number of carbonyl (C=O) groups is 2. The highest BCUT2D eigenvalue weighted by Gasteiger charge is 2.36. The Hall–Kier alpha value is -3.65. The van der Waals surface area contributed by atoms with E-state index in [0.29, 0.717) is 22.0 Å². The molecule has 28 heavy (non-hydrogen) atoms. The van der Waals surface area contributed by atoms with Gasteiger partial charge in [0, 0.05) is 24.0 Å². The second-order valence-electron chi connectivity index (χ2n) is 5.93. The number of benzene rings is 2. The van der Waals surface area contributed by atoms with E-state index in [2.05, 4.69) is 0 Å². The van der Waals surface area contributed by atoms with Gasteiger partial charge in [0.25, 0.3) is 16.8 Å². The highest BCUT2D eigenvalue weighted by Crippen LogP contribution is 2.36. The molecule has 1 fully saturated rings. The SMILES string of the molecule is O=C1S/C(=C\c2cccn2-c2cccc([N+](=O)[O-])c2)C(=O)N1c1ccccc1. The molecule has 7 nitrogen and oxygen atoms in total. The summed E-state index contributed by atoms with van der Waals surface area (Å²) >= 11 is 0.864. The number of non-ortho nitro benzene ring substituents is 1. The van der Waals surface area contributed by atoms with Crippen molar-refractivity contribution in [1.82, 2.24) is 4.57 Å². The lowest BCUT2D eigenvalue weighted by Gasteiger charge is -2.11. The van der Waals surface area contributed by atoms with Gasteiger partial charge in [0.15, 0.2) is 0 Å². The van der Waals surface area contributed by atoms with Gasteiger partial charge >= 0.3 is 0 Å². The fourth-order valence-corrected chi connectivity index (χ4v) is 3.73. The molecule has 0 aliphatic carbocycles. The molecule has 0 unspecified atom stereocenters. The average molecular weight is 391 g/mol. The van der Waals surface area contributed by atoms with E-state index in [1.54, 1.807) is 65.4 Å². The van der Waals surface area contributed by atoms with Crippen LogP contribution in [0.1, 0.15) is 5.69 Å². The molecule has 2 heterocycles. The molecule has 2 aromatic carbocycles. The second kappa shape index (κ2) is 7.16. The first kappa shape index (κ1) is 17.7. The van der Waals surface area contributed by atoms with Crippen molar-refractivity contribution in [2.75, 3.05) is 4.90 Å². The van der Waals surface area contributed by atoms with Gasteiger partial charge in [0.05, 0.1) is 21.2 Å². The number of nitrogens with zero attached hydrogens (tertiary/aromatic N) is 3. The molecule has 138 valence electrons. The number of rotatable bonds is 4. The zero-order chi connectivity index (χ0) is 19.7. The van der Waals surface area contributed by atoms with Gasteiger partial charge in [-0.05, 0) is 48.2 Å². The molecular weight excluding hydrogens is 378 g/mol. The van der Waals surface area contributed by atoms with Gasteiger partial charge in [-0.3, -0.25) is 19.7 Å². The van der Waals surface area contributed by atoms with Crippen LogP contribution in [0.5, 0.6) is 0 Å². The lowest BCUT2D eigenvalue weighted by Crippen LogP contribution is -2.27. The average Bonchev–Trinajstić information content (AvgIpc) is 3.27. The largest absolute Gasteiger partial charge is 0.317 e. The number of nitro benzene ring substituents is 1. The predicted molar refractivity (Wildman–Crippen MR) is 107 cm³/mol. The van der Waals surface area contributed by atoms with Crippen LogP contribution < -0.4 is 4.90 Å². The van der Waals surface area contributed by atoms with E-state index in [1.165, 1.54) is 12.1 Å². The number of hydrogen-bond donors (Lipinski definition) is 0. The summed E-state index contributed by atoms with van der Waals surface area (Å²) < 4.78 is 1.73. The van der Waals surface area contributed by atoms with E-state index in [0.717, 1.165) is 16.7 Å². The molecule has 8 heteroatoms. The van der Waals surface area contributed by atoms with E-state index in [-0.39, 0.29) is 10.9 Å². The van der Waals surface area contributed by atoms with Crippen LogP contribution in [0.2, 0.25) is 0 Å². The summed E-state index contributed by atoms with van der Waals surface area (Å²) in [6, 6.07) is 18.5. The smallest absolute Gasteiger partial charge is 0.298 e. The molecule has 0 atom stereocenters. The van der Waals surface area contributed by atoms with Crippen LogP contribution in [0.3, 0.4) is 0 Å². The topological polar surface area (TPSA) is 85.5 Å². The van der Waals surface area contributed by atoms with Gasteiger partial charge in [-0.25, -0.2) is 4.90 Å². The zero-order valence-electron chi connectivity index (χ0n) is 14.4. The summed E-state index contributed by atoms with van der Waals surface area (Å²) in [4.78, 5) is 37.1. The summed E-state index contributed by atoms with van der Waals surface area (Å²) in [5.74, 6) is -0.395. The Labute approximate surface area is 164 Å². The van der Waals surface area contributed by atoms with Crippen molar-refractivity contribution in [3.63, 3.8) is 0 Å². The first-order valence-electron chi connectivity index (χ1n) is 8.30. The van der Waals surface area contributed by atoms with Crippen LogP contribution in [0.15, 0.2) is 77.8 Å². The molecule has 4 rings (SSSR count). The highest BCUT2D eigenvalue weighted by molar-refractivity contribution is 8.19. The van der Waals surface area contributed by atoms with Crippen molar-refractivity contribution in [1.29, 1.82) is 0 Å². The summed E-state index contributed by atoms with van der Waals surface area (Å²) in [6.07, 6.45) is 3.36. The van der Waals surface area contributed by atoms with Crippen molar-refractivity contribution in [3.8, 4) is 5.69 Å². The molecule has 0 bridgehead atoms. The van der Waals surface area contributed by atoms with E-state index < -0.39 is 10.8 Å². The highest BCUT2D eigenvalue weighted by atomic mass is 32.2. The molecule has 1 aliphatic heterocycles. The normalized spacial score (nSPS) is 15.4. The number of para-hydroxylation sites is 1. The van der Waals surface area contributed by atoms with Crippen molar-refractivity contribution in [2.45, 2.75) is 0 Å². The minimum Gasteiger partial charge on any atom is -0.317 e. The number of imide groups is 1. The van der Waals surface area contributed by atoms with Crippen LogP contribution in [0.4, 0.5) is 16.2 Å². The van der Waals surface area contributed by atoms with Crippen LogP contribution in [-0.2, 0) is 4.79 Å². The molecule has 0 saturated carbocycles. The monoisotopic (exact) mass is 391 g/mol. The van der Waals surface area contributed by atoms with Crippen LogP contribution in [0, 0.1) is 10.1 Å². The van der Waals surface area contributed by atoms with Crippen LogP contribution in [-0.4, -0.2) is 20.6 Å². The Morgan fingerprint density at radius 2 is 1.68 bits per heavy atom. The molecule has 0 N–H and O–H groups in total. The van der Waals surface area contributed by atoms with Gasteiger partial charge in [-0.2, -0.15) is 0 Å². The molecule has 0 spiro atoms. The Morgan fingerprint density at radius 3 is 2.43 bits per heavy atom. The summed E-state index contributed by atoms with van der Waals surface area (Å²) in [5.41, 5.74) is 1.72. The first-order chi connectivity index (χ1) is 13.5. The molecule has 1 saturated heterocycles. The van der Waals surface area contributed by atoms with E-state index in [9.17, 15) is 19.7 Å². The number of hydrogen-bond acceptors (Lipinski definition) is 5. The summed E-state index contributed by atoms with van der Waals surface area (Å²) in [6.45, 7) is 0. The maximum atomic E-state index is 12.8. The maximum Gasteiger partial charge on any atom is 0.298 e. The number of anilines is 1. The standard InChI is InChI=1S/C20H13N3O4S/c24-19-18(28-20(25)22(19)14-6-2-1-3-7-14)13-16-10-5-11-21(16)15-8-4-9-17(12-15)23(26)27/h1-13H/b18-13-. The Bertz CT molecular complexity index is 1120. The summed E-state index contributed by atoms with van der Waals surface area (Å²) in [7, 11) is 0. The lowest BCUT2D eigenvalue weighted by molar-refractivity contribution is -0.384. The van der Waals surface area contributed by atoms with Crippen LogP contribution in [0.25, 0.3) is 11.8 Å². The van der Waals surface area contributed by atoms with Gasteiger partial charge in [-0.1, -0.05) is 24.3 Å². The lowest BCUT2D eigenvalue weighted by atomic mass is 10.2. The molecule has 1 aliphatic rings. The fraction of sp³-hybridized carbons (Fsp3) is 0. The number of carbonyl (C=O) groups excluding carboxylic acids is 2. The minimum absolute atomic E-state index is 0.0263. The quantitative estimate of drug-likeness (QED) is 0.368. The van der Waals surface area contributed by atoms with Crippen molar-refractivity contribution in [3.05, 3.63) is 93.6 Å². The number of nitro groups is 1. The zero-order valence-corrected chi connectivity index (χ0v) is 15.2. The number of thioether (sulfide) groups is 1. The van der Waals surface area contributed by atoms with Crippen molar-refractivity contribution in [2.24, 2.45) is 0 Å². The number of aromatic nitrogens is 1. The molecule has 0 radical (unpaired) electrons. The maximum absolute atomic E-state index is 12.8. The molecular formula is C20H13N3O4S. The predicted octanol–water partition coefficient (Wildman–Crippen LogP) is 4.63. The fourth-order valence-electron chi connectivity index (χ4n) is 2.90. The molecule has 3 aromatic rings. The van der Waals surface area contributed by atoms with E-state index in [4.69, 9.17) is 0 Å². The molecule has 2 amide bonds.